The van der Waals surface area contributed by atoms with Crippen LogP contribution in [0, 0.1) is 0 Å². The third-order valence-electron chi connectivity index (χ3n) is 6.01. The van der Waals surface area contributed by atoms with Gasteiger partial charge in [0.15, 0.2) is 0 Å². The van der Waals surface area contributed by atoms with Crippen molar-refractivity contribution in [1.82, 2.24) is 0 Å². The molecule has 0 bridgehead atoms. The summed E-state index contributed by atoms with van der Waals surface area (Å²) in [5.74, 6) is 0. The minimum Gasteiger partial charge on any atom is -0.392 e. The quantitative estimate of drug-likeness (QED) is 0.137. The standard InChI is InChI=1S/C24H50O4S/c1-3-5-7-8-9-10-11-12-13-14-15-16-17-18-20-22-24(29(26,27)28)23(25)21-19-6-4-2/h23-25H,3-22H2,1-2H3,(H,26,27,28). The van der Waals surface area contributed by atoms with Crippen LogP contribution >= 0.6 is 0 Å². The van der Waals surface area contributed by atoms with Gasteiger partial charge in [-0.15, -0.1) is 0 Å². The van der Waals surface area contributed by atoms with Gasteiger partial charge in [0.05, 0.1) is 6.10 Å². The zero-order valence-corrected chi connectivity index (χ0v) is 20.2. The van der Waals surface area contributed by atoms with Crippen LogP contribution in [0.1, 0.15) is 142 Å². The van der Waals surface area contributed by atoms with E-state index in [0.29, 0.717) is 12.8 Å². The average molecular weight is 435 g/mol. The van der Waals surface area contributed by atoms with Gasteiger partial charge in [0.1, 0.15) is 5.25 Å². The molecule has 2 N–H and O–H groups in total. The summed E-state index contributed by atoms with van der Waals surface area (Å²) in [7, 11) is -4.17. The molecule has 0 aromatic rings. The number of unbranched alkanes of at least 4 members (excludes halogenated alkanes) is 16. The van der Waals surface area contributed by atoms with Gasteiger partial charge in [0.25, 0.3) is 10.1 Å². The fourth-order valence-corrected chi connectivity index (χ4v) is 5.04. The van der Waals surface area contributed by atoms with E-state index >= 15 is 0 Å². The van der Waals surface area contributed by atoms with Crippen LogP contribution in [0.2, 0.25) is 0 Å². The summed E-state index contributed by atoms with van der Waals surface area (Å²) in [4.78, 5) is 0. The first-order chi connectivity index (χ1) is 13.9. The van der Waals surface area contributed by atoms with E-state index in [0.717, 1.165) is 38.5 Å². The predicted octanol–water partition coefficient (Wildman–Crippen LogP) is 7.45. The molecule has 5 heteroatoms. The van der Waals surface area contributed by atoms with E-state index in [1.807, 2.05) is 0 Å². The van der Waals surface area contributed by atoms with E-state index in [9.17, 15) is 18.1 Å². The van der Waals surface area contributed by atoms with Gasteiger partial charge in [0.2, 0.25) is 0 Å². The molecule has 4 nitrogen and oxygen atoms in total. The number of hydrogen-bond donors (Lipinski definition) is 2. The SMILES string of the molecule is CCCCCCCCCCCCCCCCCC(C(O)CCCCC)S(=O)(=O)O. The fourth-order valence-electron chi connectivity index (χ4n) is 4.05. The highest BCUT2D eigenvalue weighted by atomic mass is 32.2. The first kappa shape index (κ1) is 28.9. The Hall–Kier alpha value is -0.130. The van der Waals surface area contributed by atoms with Crippen molar-refractivity contribution in [2.75, 3.05) is 0 Å². The van der Waals surface area contributed by atoms with Crippen LogP contribution in [0.25, 0.3) is 0 Å². The predicted molar refractivity (Wildman–Crippen MR) is 125 cm³/mol. The highest BCUT2D eigenvalue weighted by molar-refractivity contribution is 7.86. The minimum atomic E-state index is -4.17. The van der Waals surface area contributed by atoms with Crippen LogP contribution in [-0.4, -0.2) is 29.4 Å². The Kier molecular flexibility index (Phi) is 19.7. The van der Waals surface area contributed by atoms with Crippen LogP contribution in [-0.2, 0) is 10.1 Å². The van der Waals surface area contributed by atoms with E-state index in [-0.39, 0.29) is 0 Å². The van der Waals surface area contributed by atoms with Crippen molar-refractivity contribution < 1.29 is 18.1 Å². The lowest BCUT2D eigenvalue weighted by Crippen LogP contribution is -2.33. The van der Waals surface area contributed by atoms with Gasteiger partial charge in [-0.1, -0.05) is 129 Å². The molecule has 0 aliphatic rings. The van der Waals surface area contributed by atoms with Gasteiger partial charge in [-0.3, -0.25) is 4.55 Å². The minimum absolute atomic E-state index is 0.365. The summed E-state index contributed by atoms with van der Waals surface area (Å²) < 4.78 is 32.6. The van der Waals surface area contributed by atoms with Crippen LogP contribution in [0.5, 0.6) is 0 Å². The molecule has 0 rings (SSSR count). The summed E-state index contributed by atoms with van der Waals surface area (Å²) in [5, 5.41) is 9.13. The van der Waals surface area contributed by atoms with E-state index < -0.39 is 21.5 Å². The Morgan fingerprint density at radius 2 is 0.862 bits per heavy atom. The number of aliphatic hydroxyl groups is 1. The second-order valence-electron chi connectivity index (χ2n) is 8.85. The first-order valence-electron chi connectivity index (χ1n) is 12.6. The molecule has 2 unspecified atom stereocenters. The molecule has 0 saturated heterocycles. The second-order valence-corrected chi connectivity index (χ2v) is 10.5. The molecular weight excluding hydrogens is 384 g/mol. The maximum Gasteiger partial charge on any atom is 0.270 e. The third kappa shape index (κ3) is 18.4. The molecule has 0 amide bonds. The highest BCUT2D eigenvalue weighted by Gasteiger charge is 2.29. The molecule has 0 spiro atoms. The molecule has 0 heterocycles. The molecule has 0 saturated carbocycles. The monoisotopic (exact) mass is 434 g/mol. The highest BCUT2D eigenvalue weighted by Crippen LogP contribution is 2.20. The summed E-state index contributed by atoms with van der Waals surface area (Å²) in [6.07, 6.45) is 21.7. The number of aliphatic hydroxyl groups excluding tert-OH is 1. The van der Waals surface area contributed by atoms with Crippen molar-refractivity contribution in [3.8, 4) is 0 Å². The molecule has 0 radical (unpaired) electrons. The largest absolute Gasteiger partial charge is 0.392 e. The third-order valence-corrected chi connectivity index (χ3v) is 7.32. The summed E-state index contributed by atoms with van der Waals surface area (Å²) >= 11 is 0. The Balaban J connectivity index is 3.61. The number of hydrogen-bond acceptors (Lipinski definition) is 3. The summed E-state index contributed by atoms with van der Waals surface area (Å²) in [6, 6.07) is 0. The Morgan fingerprint density at radius 3 is 1.24 bits per heavy atom. The first-order valence-corrected chi connectivity index (χ1v) is 14.1. The van der Waals surface area contributed by atoms with E-state index in [2.05, 4.69) is 13.8 Å². The molecular formula is C24H50O4S. The Bertz CT molecular complexity index is 436. The van der Waals surface area contributed by atoms with E-state index in [1.165, 1.54) is 77.0 Å². The Morgan fingerprint density at radius 1 is 0.552 bits per heavy atom. The molecule has 0 aromatic carbocycles. The van der Waals surface area contributed by atoms with Crippen LogP contribution in [0.15, 0.2) is 0 Å². The van der Waals surface area contributed by atoms with Gasteiger partial charge >= 0.3 is 0 Å². The molecule has 0 aromatic heterocycles. The average Bonchev–Trinajstić information content (AvgIpc) is 2.66. The van der Waals surface area contributed by atoms with Crippen molar-refractivity contribution in [3.63, 3.8) is 0 Å². The van der Waals surface area contributed by atoms with Gasteiger partial charge in [0, 0.05) is 0 Å². The number of rotatable bonds is 22. The van der Waals surface area contributed by atoms with Crippen LogP contribution in [0.3, 0.4) is 0 Å². The molecule has 0 fully saturated rings. The summed E-state index contributed by atoms with van der Waals surface area (Å²) in [6.45, 7) is 4.33. The van der Waals surface area contributed by atoms with Gasteiger partial charge < -0.3 is 5.11 Å². The second kappa shape index (κ2) is 19.8. The van der Waals surface area contributed by atoms with Crippen LogP contribution in [0.4, 0.5) is 0 Å². The molecule has 176 valence electrons. The maximum absolute atomic E-state index is 11.6. The molecule has 0 aliphatic carbocycles. The van der Waals surface area contributed by atoms with Crippen molar-refractivity contribution in [3.05, 3.63) is 0 Å². The lowest BCUT2D eigenvalue weighted by molar-refractivity contribution is 0.146. The zero-order valence-electron chi connectivity index (χ0n) is 19.4. The molecule has 2 atom stereocenters. The van der Waals surface area contributed by atoms with Crippen molar-refractivity contribution in [2.24, 2.45) is 0 Å². The lowest BCUT2D eigenvalue weighted by atomic mass is 10.0. The van der Waals surface area contributed by atoms with Gasteiger partial charge in [-0.2, -0.15) is 8.42 Å². The van der Waals surface area contributed by atoms with Crippen LogP contribution < -0.4 is 0 Å². The smallest absolute Gasteiger partial charge is 0.270 e. The summed E-state index contributed by atoms with van der Waals surface area (Å²) in [5.41, 5.74) is 0. The van der Waals surface area contributed by atoms with Crippen molar-refractivity contribution >= 4 is 10.1 Å². The normalized spacial score (nSPS) is 14.2. The molecule has 29 heavy (non-hydrogen) atoms. The van der Waals surface area contributed by atoms with E-state index in [4.69, 9.17) is 0 Å². The fraction of sp³-hybridized carbons (Fsp3) is 1.00. The Labute approximate surface area is 182 Å². The van der Waals surface area contributed by atoms with E-state index in [1.54, 1.807) is 0 Å². The van der Waals surface area contributed by atoms with Crippen molar-refractivity contribution in [2.45, 2.75) is 154 Å². The maximum atomic E-state index is 11.6. The zero-order chi connectivity index (χ0) is 21.8. The molecule has 0 aliphatic heterocycles. The lowest BCUT2D eigenvalue weighted by Gasteiger charge is -2.20. The topological polar surface area (TPSA) is 74.6 Å². The van der Waals surface area contributed by atoms with Crippen molar-refractivity contribution in [1.29, 1.82) is 0 Å². The van der Waals surface area contributed by atoms with Gasteiger partial charge in [-0.25, -0.2) is 0 Å². The van der Waals surface area contributed by atoms with Gasteiger partial charge in [-0.05, 0) is 12.8 Å².